The Bertz CT molecular complexity index is 757. The summed E-state index contributed by atoms with van der Waals surface area (Å²) < 4.78 is 0. The van der Waals surface area contributed by atoms with Crippen LogP contribution in [0, 0.1) is 11.3 Å². The molecule has 0 aromatic carbocycles. The third-order valence-corrected chi connectivity index (χ3v) is 4.21. The first-order valence-corrected chi connectivity index (χ1v) is 8.41. The average molecular weight is 325 g/mol. The third-order valence-electron chi connectivity index (χ3n) is 4.21. The fourth-order valence-electron chi connectivity index (χ4n) is 2.99. The molecule has 24 heavy (non-hydrogen) atoms. The zero-order valence-corrected chi connectivity index (χ0v) is 14.1. The van der Waals surface area contributed by atoms with Crippen LogP contribution in [0.3, 0.4) is 0 Å². The van der Waals surface area contributed by atoms with Gasteiger partial charge in [0.1, 0.15) is 17.3 Å². The number of aromatic nitrogens is 3. The first kappa shape index (κ1) is 16.4. The summed E-state index contributed by atoms with van der Waals surface area (Å²) in [6, 6.07) is 4.66. The van der Waals surface area contributed by atoms with Crippen LogP contribution in [-0.4, -0.2) is 33.1 Å². The topological polar surface area (TPSA) is 113 Å². The minimum absolute atomic E-state index is 0.195. The second-order valence-electron chi connectivity index (χ2n) is 6.65. The van der Waals surface area contributed by atoms with Gasteiger partial charge < -0.3 is 16.4 Å². The minimum atomic E-state index is 0.195. The number of nitrogens with zero attached hydrogens (tertiary/aromatic N) is 4. The van der Waals surface area contributed by atoms with E-state index in [1.165, 1.54) is 0 Å². The Morgan fingerprint density at radius 1 is 1.25 bits per heavy atom. The lowest BCUT2D eigenvalue weighted by atomic mass is 9.92. The molecule has 126 valence electrons. The van der Waals surface area contributed by atoms with Crippen molar-refractivity contribution in [2.45, 2.75) is 57.7 Å². The summed E-state index contributed by atoms with van der Waals surface area (Å²) in [7, 11) is 0. The largest absolute Gasteiger partial charge is 0.366 e. The zero-order valence-electron chi connectivity index (χ0n) is 14.1. The van der Waals surface area contributed by atoms with E-state index in [1.807, 2.05) is 13.8 Å². The molecular formula is C17H23N7. The molecule has 0 atom stereocenters. The number of hydrogen-bond acceptors (Lipinski definition) is 7. The van der Waals surface area contributed by atoms with Gasteiger partial charge in [0.25, 0.3) is 0 Å². The van der Waals surface area contributed by atoms with Crippen LogP contribution in [0.4, 0.5) is 11.8 Å². The fourth-order valence-corrected chi connectivity index (χ4v) is 2.99. The van der Waals surface area contributed by atoms with E-state index in [9.17, 15) is 0 Å². The summed E-state index contributed by atoms with van der Waals surface area (Å²) in [5, 5.41) is 16.6. The Hall–Kier alpha value is -2.46. The third kappa shape index (κ3) is 3.71. The second-order valence-corrected chi connectivity index (χ2v) is 6.65. The maximum absolute atomic E-state index is 9.14. The smallest absolute Gasteiger partial charge is 0.223 e. The molecule has 4 N–H and O–H groups in total. The molecule has 0 unspecified atom stereocenters. The second kappa shape index (κ2) is 6.97. The fraction of sp³-hybridized carbons (Fsp3) is 0.529. The SMILES string of the molecule is CC(C)Nc1nc(C#N)cc2cnc(NC3CCC(N)CC3)nc12. The van der Waals surface area contributed by atoms with Crippen molar-refractivity contribution in [1.29, 1.82) is 5.26 Å². The van der Waals surface area contributed by atoms with Crippen molar-refractivity contribution in [3.8, 4) is 6.07 Å². The normalized spacial score (nSPS) is 20.8. The summed E-state index contributed by atoms with van der Waals surface area (Å²) in [5.74, 6) is 1.22. The summed E-state index contributed by atoms with van der Waals surface area (Å²) in [6.07, 6.45) is 5.86. The summed E-state index contributed by atoms with van der Waals surface area (Å²) in [4.78, 5) is 13.4. The first-order valence-electron chi connectivity index (χ1n) is 8.41. The van der Waals surface area contributed by atoms with E-state index >= 15 is 0 Å². The zero-order chi connectivity index (χ0) is 17.1. The lowest BCUT2D eigenvalue weighted by molar-refractivity contribution is 0.410. The quantitative estimate of drug-likeness (QED) is 0.791. The minimum Gasteiger partial charge on any atom is -0.366 e. The molecule has 1 saturated carbocycles. The van der Waals surface area contributed by atoms with Gasteiger partial charge in [0.15, 0.2) is 5.82 Å². The van der Waals surface area contributed by atoms with Gasteiger partial charge in [0.05, 0.1) is 0 Å². The molecule has 7 heteroatoms. The van der Waals surface area contributed by atoms with Gasteiger partial charge in [-0.2, -0.15) is 5.26 Å². The van der Waals surface area contributed by atoms with E-state index in [1.54, 1.807) is 12.3 Å². The molecule has 1 fully saturated rings. The molecule has 0 bridgehead atoms. The van der Waals surface area contributed by atoms with Crippen LogP contribution < -0.4 is 16.4 Å². The number of pyridine rings is 1. The van der Waals surface area contributed by atoms with Crippen molar-refractivity contribution < 1.29 is 0 Å². The van der Waals surface area contributed by atoms with Crippen LogP contribution in [0.25, 0.3) is 10.9 Å². The van der Waals surface area contributed by atoms with Crippen molar-refractivity contribution in [2.75, 3.05) is 10.6 Å². The van der Waals surface area contributed by atoms with Crippen LogP contribution in [0.5, 0.6) is 0 Å². The predicted octanol–water partition coefficient (Wildman–Crippen LogP) is 2.40. The number of nitrogens with two attached hydrogens (primary N) is 1. The highest BCUT2D eigenvalue weighted by molar-refractivity contribution is 5.89. The molecule has 7 nitrogen and oxygen atoms in total. The standard InChI is InChI=1S/C17H23N7/c1-10(2)21-16-15-11(7-14(8-18)22-16)9-20-17(24-15)23-13-5-3-12(19)4-6-13/h7,9-10,12-13H,3-6,19H2,1-2H3,(H,21,22)(H,20,23,24). The maximum Gasteiger partial charge on any atom is 0.223 e. The molecule has 3 rings (SSSR count). The molecule has 1 aliphatic carbocycles. The van der Waals surface area contributed by atoms with Crippen LogP contribution in [0.15, 0.2) is 12.3 Å². The molecule has 0 radical (unpaired) electrons. The number of hydrogen-bond donors (Lipinski definition) is 3. The Morgan fingerprint density at radius 3 is 2.67 bits per heavy atom. The van der Waals surface area contributed by atoms with Crippen molar-refractivity contribution in [3.63, 3.8) is 0 Å². The average Bonchev–Trinajstić information content (AvgIpc) is 2.56. The van der Waals surface area contributed by atoms with Gasteiger partial charge >= 0.3 is 0 Å². The molecule has 2 aromatic heterocycles. The van der Waals surface area contributed by atoms with Crippen molar-refractivity contribution in [2.24, 2.45) is 5.73 Å². The molecule has 2 aromatic rings. The van der Waals surface area contributed by atoms with E-state index in [-0.39, 0.29) is 6.04 Å². The van der Waals surface area contributed by atoms with Gasteiger partial charge in [-0.25, -0.2) is 15.0 Å². The monoisotopic (exact) mass is 325 g/mol. The van der Waals surface area contributed by atoms with Crippen molar-refractivity contribution >= 4 is 22.7 Å². The van der Waals surface area contributed by atoms with Gasteiger partial charge in [-0.1, -0.05) is 0 Å². The molecule has 0 aliphatic heterocycles. The van der Waals surface area contributed by atoms with E-state index in [4.69, 9.17) is 11.0 Å². The lowest BCUT2D eigenvalue weighted by Gasteiger charge is -2.26. The van der Waals surface area contributed by atoms with Gasteiger partial charge in [-0.3, -0.25) is 0 Å². The molecule has 0 spiro atoms. The molecule has 2 heterocycles. The van der Waals surface area contributed by atoms with E-state index in [0.29, 0.717) is 29.5 Å². The number of rotatable bonds is 4. The summed E-state index contributed by atoms with van der Waals surface area (Å²) >= 11 is 0. The summed E-state index contributed by atoms with van der Waals surface area (Å²) in [6.45, 7) is 4.05. The Labute approximate surface area is 141 Å². The van der Waals surface area contributed by atoms with Crippen LogP contribution >= 0.6 is 0 Å². The highest BCUT2D eigenvalue weighted by Crippen LogP contribution is 2.24. The number of nitrogens with one attached hydrogen (secondary N) is 2. The molecular weight excluding hydrogens is 302 g/mol. The van der Waals surface area contributed by atoms with Crippen LogP contribution in [0.2, 0.25) is 0 Å². The Balaban J connectivity index is 1.90. The van der Waals surface area contributed by atoms with Gasteiger partial charge in [0, 0.05) is 29.7 Å². The lowest BCUT2D eigenvalue weighted by Crippen LogP contribution is -2.33. The predicted molar refractivity (Wildman–Crippen MR) is 94.7 cm³/mol. The molecule has 0 amide bonds. The highest BCUT2D eigenvalue weighted by atomic mass is 15.1. The maximum atomic E-state index is 9.14. The van der Waals surface area contributed by atoms with Gasteiger partial charge in [-0.05, 0) is 45.6 Å². The Morgan fingerprint density at radius 2 is 2.00 bits per heavy atom. The number of fused-ring (bicyclic) bond motifs is 1. The number of anilines is 2. The first-order chi connectivity index (χ1) is 11.5. The van der Waals surface area contributed by atoms with E-state index in [0.717, 1.165) is 36.6 Å². The van der Waals surface area contributed by atoms with Crippen LogP contribution in [-0.2, 0) is 0 Å². The van der Waals surface area contributed by atoms with Gasteiger partial charge in [-0.15, -0.1) is 0 Å². The van der Waals surface area contributed by atoms with Crippen LogP contribution in [0.1, 0.15) is 45.2 Å². The van der Waals surface area contributed by atoms with Crippen molar-refractivity contribution in [1.82, 2.24) is 15.0 Å². The van der Waals surface area contributed by atoms with Crippen molar-refractivity contribution in [3.05, 3.63) is 18.0 Å². The Kier molecular flexibility index (Phi) is 4.76. The van der Waals surface area contributed by atoms with E-state index in [2.05, 4.69) is 31.7 Å². The molecule has 1 aliphatic rings. The highest BCUT2D eigenvalue weighted by Gasteiger charge is 2.19. The van der Waals surface area contributed by atoms with Gasteiger partial charge in [0.2, 0.25) is 5.95 Å². The summed E-state index contributed by atoms with van der Waals surface area (Å²) in [5.41, 5.74) is 7.04. The van der Waals surface area contributed by atoms with E-state index < -0.39 is 0 Å². The number of nitriles is 1. The molecule has 0 saturated heterocycles.